The third-order valence-electron chi connectivity index (χ3n) is 4.40. The van der Waals surface area contributed by atoms with Crippen LogP contribution in [-0.2, 0) is 0 Å². The van der Waals surface area contributed by atoms with Crippen molar-refractivity contribution in [3.8, 4) is 0 Å². The van der Waals surface area contributed by atoms with Gasteiger partial charge in [0.25, 0.3) is 0 Å². The third-order valence-corrected chi connectivity index (χ3v) is 6.60. The molecule has 80 valence electrons. The van der Waals surface area contributed by atoms with Crippen LogP contribution < -0.4 is 0 Å². The van der Waals surface area contributed by atoms with Crippen LogP contribution in [0.5, 0.6) is 0 Å². The summed E-state index contributed by atoms with van der Waals surface area (Å²) in [5.41, 5.74) is 0. The van der Waals surface area contributed by atoms with Gasteiger partial charge in [0.2, 0.25) is 0 Å². The summed E-state index contributed by atoms with van der Waals surface area (Å²) in [7, 11) is 0. The van der Waals surface area contributed by atoms with Gasteiger partial charge in [-0.25, -0.2) is 0 Å². The SMILES string of the molecule is S[C@@H]1CCCCC1C1CCCC2SC21. The van der Waals surface area contributed by atoms with Crippen molar-refractivity contribution in [1.82, 2.24) is 0 Å². The van der Waals surface area contributed by atoms with Crippen LogP contribution in [0.4, 0.5) is 0 Å². The molecule has 2 heteroatoms. The van der Waals surface area contributed by atoms with E-state index in [0.717, 1.165) is 27.6 Å². The summed E-state index contributed by atoms with van der Waals surface area (Å²) in [5, 5.41) is 2.85. The maximum atomic E-state index is 4.82. The first-order valence-corrected chi connectivity index (χ1v) is 7.66. The Bertz CT molecular complexity index is 210. The molecule has 0 aromatic rings. The van der Waals surface area contributed by atoms with E-state index in [0.29, 0.717) is 0 Å². The van der Waals surface area contributed by atoms with Gasteiger partial charge < -0.3 is 0 Å². The molecule has 1 aliphatic heterocycles. The Labute approximate surface area is 97.0 Å². The average molecular weight is 228 g/mol. The zero-order chi connectivity index (χ0) is 9.54. The van der Waals surface area contributed by atoms with E-state index < -0.39 is 0 Å². The van der Waals surface area contributed by atoms with Crippen LogP contribution >= 0.6 is 24.4 Å². The predicted molar refractivity (Wildman–Crippen MR) is 67.2 cm³/mol. The van der Waals surface area contributed by atoms with Crippen molar-refractivity contribution in [3.63, 3.8) is 0 Å². The lowest BCUT2D eigenvalue weighted by Crippen LogP contribution is -2.32. The van der Waals surface area contributed by atoms with Crippen molar-refractivity contribution in [1.29, 1.82) is 0 Å². The predicted octanol–water partition coefficient (Wildman–Crippen LogP) is 3.76. The molecule has 0 radical (unpaired) electrons. The first-order chi connectivity index (χ1) is 6.86. The molecule has 5 atom stereocenters. The van der Waals surface area contributed by atoms with Crippen molar-refractivity contribution in [2.75, 3.05) is 0 Å². The summed E-state index contributed by atoms with van der Waals surface area (Å²) in [4.78, 5) is 0. The second-order valence-corrected chi connectivity index (χ2v) is 7.33. The molecule has 0 spiro atoms. The average Bonchev–Trinajstić information content (AvgIpc) is 2.97. The largest absolute Gasteiger partial charge is 0.176 e. The van der Waals surface area contributed by atoms with E-state index in [1.54, 1.807) is 0 Å². The molecular weight excluding hydrogens is 208 g/mol. The molecule has 2 aliphatic carbocycles. The minimum atomic E-state index is 0.730. The van der Waals surface area contributed by atoms with Crippen molar-refractivity contribution >= 4 is 24.4 Å². The van der Waals surface area contributed by atoms with Gasteiger partial charge in [-0.05, 0) is 37.5 Å². The summed E-state index contributed by atoms with van der Waals surface area (Å²) in [6.07, 6.45) is 10.3. The first-order valence-electron chi connectivity index (χ1n) is 6.20. The molecule has 0 bridgehead atoms. The van der Waals surface area contributed by atoms with E-state index in [1.807, 2.05) is 0 Å². The number of thioether (sulfide) groups is 1. The fraction of sp³-hybridized carbons (Fsp3) is 1.00. The molecule has 0 aromatic carbocycles. The van der Waals surface area contributed by atoms with Crippen molar-refractivity contribution < 1.29 is 0 Å². The summed E-state index contributed by atoms with van der Waals surface area (Å²) < 4.78 is 0. The summed E-state index contributed by atoms with van der Waals surface area (Å²) >= 11 is 7.09. The van der Waals surface area contributed by atoms with Gasteiger partial charge in [-0.3, -0.25) is 0 Å². The van der Waals surface area contributed by atoms with E-state index in [4.69, 9.17) is 12.6 Å². The summed E-state index contributed by atoms with van der Waals surface area (Å²) in [5.74, 6) is 2.01. The Balaban J connectivity index is 1.67. The lowest BCUT2D eigenvalue weighted by Gasteiger charge is -2.36. The monoisotopic (exact) mass is 228 g/mol. The zero-order valence-electron chi connectivity index (χ0n) is 8.69. The molecule has 3 aliphatic rings. The second kappa shape index (κ2) is 3.93. The minimum Gasteiger partial charge on any atom is -0.176 e. The van der Waals surface area contributed by atoms with Gasteiger partial charge in [0.05, 0.1) is 0 Å². The molecule has 0 aromatic heterocycles. The Hall–Kier alpha value is 0.700. The third kappa shape index (κ3) is 1.73. The normalized spacial score (nSPS) is 52.5. The highest BCUT2D eigenvalue weighted by molar-refractivity contribution is 8.07. The van der Waals surface area contributed by atoms with Gasteiger partial charge in [0, 0.05) is 15.7 Å². The molecule has 2 saturated carbocycles. The summed E-state index contributed by atoms with van der Waals surface area (Å²) in [6, 6.07) is 0. The van der Waals surface area contributed by atoms with Gasteiger partial charge in [-0.2, -0.15) is 24.4 Å². The lowest BCUT2D eigenvalue weighted by atomic mass is 9.73. The molecule has 3 fully saturated rings. The van der Waals surface area contributed by atoms with Gasteiger partial charge in [-0.1, -0.05) is 19.3 Å². The lowest BCUT2D eigenvalue weighted by molar-refractivity contribution is 0.227. The van der Waals surface area contributed by atoms with Crippen LogP contribution in [0.2, 0.25) is 0 Å². The van der Waals surface area contributed by atoms with Gasteiger partial charge in [-0.15, -0.1) is 0 Å². The minimum absolute atomic E-state index is 0.730. The fourth-order valence-electron chi connectivity index (χ4n) is 3.58. The maximum Gasteiger partial charge on any atom is 0.0201 e. The quantitative estimate of drug-likeness (QED) is 0.527. The van der Waals surface area contributed by atoms with Crippen LogP contribution in [0.15, 0.2) is 0 Å². The van der Waals surface area contributed by atoms with Gasteiger partial charge in [0.1, 0.15) is 0 Å². The highest BCUT2D eigenvalue weighted by atomic mass is 32.2. The molecule has 0 amide bonds. The molecule has 0 N–H and O–H groups in total. The number of hydrogen-bond acceptors (Lipinski definition) is 2. The second-order valence-electron chi connectivity index (χ2n) is 5.25. The van der Waals surface area contributed by atoms with Crippen molar-refractivity contribution in [2.24, 2.45) is 11.8 Å². The Kier molecular flexibility index (Phi) is 2.78. The highest BCUT2D eigenvalue weighted by Gasteiger charge is 2.49. The Morgan fingerprint density at radius 3 is 2.50 bits per heavy atom. The zero-order valence-corrected chi connectivity index (χ0v) is 10.4. The number of thiol groups is 1. The number of hydrogen-bond donors (Lipinski definition) is 1. The first kappa shape index (κ1) is 9.89. The smallest absolute Gasteiger partial charge is 0.0201 e. The standard InChI is InChI=1S/C12H20S2/c13-10-6-2-1-4-8(10)9-5-3-7-11-12(9)14-11/h8-13H,1-7H2/t8?,9?,10-,11?,12?/m1/s1. The van der Waals surface area contributed by atoms with Crippen LogP contribution in [-0.4, -0.2) is 15.7 Å². The van der Waals surface area contributed by atoms with Crippen molar-refractivity contribution in [3.05, 3.63) is 0 Å². The topological polar surface area (TPSA) is 0 Å². The van der Waals surface area contributed by atoms with E-state index in [2.05, 4.69) is 11.8 Å². The van der Waals surface area contributed by atoms with Gasteiger partial charge >= 0.3 is 0 Å². The molecule has 4 unspecified atom stereocenters. The highest BCUT2D eigenvalue weighted by Crippen LogP contribution is 2.57. The summed E-state index contributed by atoms with van der Waals surface area (Å²) in [6.45, 7) is 0. The fourth-order valence-corrected chi connectivity index (χ4v) is 5.63. The molecule has 14 heavy (non-hydrogen) atoms. The number of fused-ring (bicyclic) bond motifs is 1. The van der Waals surface area contributed by atoms with Crippen LogP contribution in [0.1, 0.15) is 44.9 Å². The van der Waals surface area contributed by atoms with Crippen molar-refractivity contribution in [2.45, 2.75) is 60.7 Å². The molecule has 1 saturated heterocycles. The van der Waals surface area contributed by atoms with Gasteiger partial charge in [0.15, 0.2) is 0 Å². The maximum absolute atomic E-state index is 4.82. The Morgan fingerprint density at radius 1 is 0.857 bits per heavy atom. The van der Waals surface area contributed by atoms with Crippen LogP contribution in [0.3, 0.4) is 0 Å². The molecule has 1 heterocycles. The van der Waals surface area contributed by atoms with E-state index in [9.17, 15) is 0 Å². The van der Waals surface area contributed by atoms with E-state index >= 15 is 0 Å². The molecule has 0 nitrogen and oxygen atoms in total. The number of rotatable bonds is 1. The van der Waals surface area contributed by atoms with Crippen LogP contribution in [0.25, 0.3) is 0 Å². The molecule has 3 rings (SSSR count). The molecular formula is C12H20S2. The van der Waals surface area contributed by atoms with Crippen LogP contribution in [0, 0.1) is 11.8 Å². The Morgan fingerprint density at radius 2 is 1.64 bits per heavy atom. The van der Waals surface area contributed by atoms with E-state index in [1.165, 1.54) is 44.9 Å². The van der Waals surface area contributed by atoms with E-state index in [-0.39, 0.29) is 0 Å².